The summed E-state index contributed by atoms with van der Waals surface area (Å²) in [5, 5.41) is 0.239. The Labute approximate surface area is 171 Å². The molecule has 3 rings (SSSR count). The minimum atomic E-state index is -4.58. The van der Waals surface area contributed by atoms with Crippen molar-refractivity contribution in [2.45, 2.75) is 6.18 Å². The maximum atomic E-state index is 12.6. The van der Waals surface area contributed by atoms with Gasteiger partial charge < -0.3 is 0 Å². The summed E-state index contributed by atoms with van der Waals surface area (Å²) in [6.45, 7) is 0. The molecule has 3 aromatic heterocycles. The Hall–Kier alpha value is -2.49. The van der Waals surface area contributed by atoms with E-state index in [0.717, 1.165) is 0 Å². The SMILES string of the molecule is O=C(NNc1ncc(C(F)(F)F)cc1Cl)c1cccn1-c1ncc(Cl)cc1Cl. The van der Waals surface area contributed by atoms with Crippen LogP contribution in [0.15, 0.2) is 42.9 Å². The van der Waals surface area contributed by atoms with E-state index in [9.17, 15) is 18.0 Å². The van der Waals surface area contributed by atoms with Crippen LogP contribution in [-0.4, -0.2) is 20.4 Å². The Morgan fingerprint density at radius 3 is 2.46 bits per heavy atom. The predicted octanol–water partition coefficient (Wildman–Crippen LogP) is 5.00. The second kappa shape index (κ2) is 7.86. The number of rotatable bonds is 4. The van der Waals surface area contributed by atoms with E-state index in [1.54, 1.807) is 12.3 Å². The highest BCUT2D eigenvalue weighted by Gasteiger charge is 2.31. The lowest BCUT2D eigenvalue weighted by Gasteiger charge is -2.13. The minimum Gasteiger partial charge on any atom is -0.295 e. The zero-order valence-corrected chi connectivity index (χ0v) is 15.8. The van der Waals surface area contributed by atoms with Crippen LogP contribution in [0.3, 0.4) is 0 Å². The van der Waals surface area contributed by atoms with E-state index >= 15 is 0 Å². The Morgan fingerprint density at radius 1 is 1.07 bits per heavy atom. The van der Waals surface area contributed by atoms with Gasteiger partial charge in [0, 0.05) is 18.6 Å². The molecule has 146 valence electrons. The second-order valence-corrected chi connectivity index (χ2v) is 6.60. The van der Waals surface area contributed by atoms with Crippen LogP contribution in [0.4, 0.5) is 19.0 Å². The summed E-state index contributed by atoms with van der Waals surface area (Å²) in [5.41, 5.74) is 3.83. The smallest absolute Gasteiger partial charge is 0.295 e. The van der Waals surface area contributed by atoms with E-state index < -0.39 is 17.6 Å². The van der Waals surface area contributed by atoms with E-state index in [2.05, 4.69) is 20.8 Å². The fraction of sp³-hybridized carbons (Fsp3) is 0.0625. The lowest BCUT2D eigenvalue weighted by Crippen LogP contribution is -2.31. The third kappa shape index (κ3) is 4.32. The van der Waals surface area contributed by atoms with Crippen molar-refractivity contribution >= 4 is 46.5 Å². The van der Waals surface area contributed by atoms with Gasteiger partial charge in [-0.1, -0.05) is 34.8 Å². The van der Waals surface area contributed by atoms with Gasteiger partial charge in [0.05, 0.1) is 20.6 Å². The normalized spacial score (nSPS) is 11.4. The molecule has 0 saturated heterocycles. The van der Waals surface area contributed by atoms with Crippen molar-refractivity contribution in [1.29, 1.82) is 0 Å². The average molecular weight is 451 g/mol. The van der Waals surface area contributed by atoms with Crippen molar-refractivity contribution in [3.8, 4) is 5.82 Å². The maximum absolute atomic E-state index is 12.6. The van der Waals surface area contributed by atoms with Crippen LogP contribution < -0.4 is 10.9 Å². The summed E-state index contributed by atoms with van der Waals surface area (Å²) in [5.74, 6) is -0.508. The first-order chi connectivity index (χ1) is 13.2. The van der Waals surface area contributed by atoms with Crippen LogP contribution in [-0.2, 0) is 6.18 Å². The number of alkyl halides is 3. The van der Waals surface area contributed by atoms with Gasteiger partial charge in [-0.15, -0.1) is 0 Å². The van der Waals surface area contributed by atoms with Crippen molar-refractivity contribution in [2.75, 3.05) is 5.43 Å². The second-order valence-electron chi connectivity index (χ2n) is 5.35. The fourth-order valence-electron chi connectivity index (χ4n) is 2.20. The Morgan fingerprint density at radius 2 is 1.82 bits per heavy atom. The molecule has 0 aliphatic rings. The summed E-state index contributed by atoms with van der Waals surface area (Å²) < 4.78 is 39.4. The van der Waals surface area contributed by atoms with Gasteiger partial charge in [-0.3, -0.25) is 20.2 Å². The van der Waals surface area contributed by atoms with Crippen molar-refractivity contribution in [1.82, 2.24) is 20.0 Å². The minimum absolute atomic E-state index is 0.146. The Balaban J connectivity index is 1.78. The molecule has 1 amide bonds. The van der Waals surface area contributed by atoms with Crippen molar-refractivity contribution in [2.24, 2.45) is 0 Å². The molecule has 6 nitrogen and oxygen atoms in total. The van der Waals surface area contributed by atoms with Crippen LogP contribution in [0, 0.1) is 0 Å². The van der Waals surface area contributed by atoms with E-state index in [1.807, 2.05) is 0 Å². The summed E-state index contributed by atoms with van der Waals surface area (Å²) in [7, 11) is 0. The number of pyridine rings is 2. The van der Waals surface area contributed by atoms with Crippen LogP contribution in [0.2, 0.25) is 15.1 Å². The number of carbonyl (C=O) groups is 1. The van der Waals surface area contributed by atoms with Crippen molar-refractivity contribution in [3.05, 3.63) is 69.2 Å². The van der Waals surface area contributed by atoms with E-state index in [4.69, 9.17) is 34.8 Å². The summed E-state index contributed by atoms with van der Waals surface area (Å²) in [4.78, 5) is 20.1. The molecule has 0 spiro atoms. The molecule has 3 heterocycles. The number of nitrogens with zero attached hydrogens (tertiary/aromatic N) is 3. The summed E-state index contributed by atoms with van der Waals surface area (Å²) >= 11 is 17.7. The van der Waals surface area contributed by atoms with Gasteiger partial charge in [0.2, 0.25) is 0 Å². The van der Waals surface area contributed by atoms with Gasteiger partial charge in [-0.25, -0.2) is 9.97 Å². The molecule has 2 N–H and O–H groups in total. The first kappa shape index (κ1) is 20.2. The average Bonchev–Trinajstić information content (AvgIpc) is 3.09. The molecule has 0 atom stereocenters. The molecule has 0 bridgehead atoms. The molecular weight excluding hydrogens is 442 g/mol. The van der Waals surface area contributed by atoms with E-state index in [1.165, 1.54) is 22.9 Å². The number of hydrazine groups is 1. The number of hydrogen-bond donors (Lipinski definition) is 2. The number of anilines is 1. The summed E-state index contributed by atoms with van der Waals surface area (Å²) in [6.07, 6.45) is -1.06. The molecule has 3 aromatic rings. The Bertz CT molecular complexity index is 1040. The summed E-state index contributed by atoms with van der Waals surface area (Å²) in [6, 6.07) is 5.25. The number of amides is 1. The van der Waals surface area contributed by atoms with Crippen LogP contribution in [0.1, 0.15) is 16.1 Å². The monoisotopic (exact) mass is 449 g/mol. The lowest BCUT2D eigenvalue weighted by atomic mass is 10.3. The topological polar surface area (TPSA) is 71.8 Å². The number of carbonyl (C=O) groups excluding carboxylic acids is 1. The molecule has 28 heavy (non-hydrogen) atoms. The van der Waals surface area contributed by atoms with E-state index in [-0.39, 0.29) is 27.4 Å². The number of aromatic nitrogens is 3. The standard InChI is InChI=1S/C16H9Cl3F3N5O/c17-9-5-11(19)14(24-7-9)27-3-1-2-12(27)15(28)26-25-13-10(18)4-8(6-23-13)16(20,21)22/h1-7H,(H,23,25)(H,26,28). The third-order valence-electron chi connectivity index (χ3n) is 3.46. The quantitative estimate of drug-likeness (QED) is 0.549. The van der Waals surface area contributed by atoms with Gasteiger partial charge in [0.15, 0.2) is 11.6 Å². The van der Waals surface area contributed by atoms with Gasteiger partial charge >= 0.3 is 6.18 Å². The molecular formula is C16H9Cl3F3N5O. The van der Waals surface area contributed by atoms with E-state index in [0.29, 0.717) is 17.3 Å². The zero-order chi connectivity index (χ0) is 20.5. The number of nitrogens with one attached hydrogen (secondary N) is 2. The van der Waals surface area contributed by atoms with Crippen LogP contribution in [0.25, 0.3) is 5.82 Å². The molecule has 0 fully saturated rings. The Kier molecular flexibility index (Phi) is 5.69. The highest BCUT2D eigenvalue weighted by molar-refractivity contribution is 6.35. The molecule has 12 heteroatoms. The number of hydrogen-bond acceptors (Lipinski definition) is 4. The zero-order valence-electron chi connectivity index (χ0n) is 13.6. The first-order valence-electron chi connectivity index (χ1n) is 7.44. The molecule has 0 radical (unpaired) electrons. The molecule has 0 aliphatic carbocycles. The van der Waals surface area contributed by atoms with Crippen LogP contribution in [0.5, 0.6) is 0 Å². The molecule has 0 unspecified atom stereocenters. The molecule has 0 aromatic carbocycles. The third-order valence-corrected chi connectivity index (χ3v) is 4.23. The van der Waals surface area contributed by atoms with Crippen molar-refractivity contribution in [3.63, 3.8) is 0 Å². The molecule has 0 aliphatic heterocycles. The van der Waals surface area contributed by atoms with Gasteiger partial charge in [-0.2, -0.15) is 13.2 Å². The van der Waals surface area contributed by atoms with Gasteiger partial charge in [0.25, 0.3) is 5.91 Å². The highest BCUT2D eigenvalue weighted by atomic mass is 35.5. The first-order valence-corrected chi connectivity index (χ1v) is 8.58. The fourth-order valence-corrected chi connectivity index (χ4v) is 2.88. The molecule has 0 saturated carbocycles. The van der Waals surface area contributed by atoms with Gasteiger partial charge in [0.1, 0.15) is 5.69 Å². The lowest BCUT2D eigenvalue weighted by molar-refractivity contribution is -0.137. The highest BCUT2D eigenvalue weighted by Crippen LogP contribution is 2.32. The van der Waals surface area contributed by atoms with Crippen LogP contribution >= 0.6 is 34.8 Å². The van der Waals surface area contributed by atoms with Crippen molar-refractivity contribution < 1.29 is 18.0 Å². The van der Waals surface area contributed by atoms with Gasteiger partial charge in [-0.05, 0) is 24.3 Å². The predicted molar refractivity (Wildman–Crippen MR) is 98.9 cm³/mol. The largest absolute Gasteiger partial charge is 0.417 e. The number of halogens is 6. The maximum Gasteiger partial charge on any atom is 0.417 e.